The predicted octanol–water partition coefficient (Wildman–Crippen LogP) is 1.29. The quantitative estimate of drug-likeness (QED) is 0.441. The van der Waals surface area contributed by atoms with Crippen molar-refractivity contribution in [3.8, 4) is 0 Å². The Hall–Kier alpha value is -0.280. The molecule has 0 aromatic carbocycles. The summed E-state index contributed by atoms with van der Waals surface area (Å²) in [5.74, 6) is 0. The van der Waals surface area contributed by atoms with Gasteiger partial charge in [0.15, 0.2) is 0 Å². The monoisotopic (exact) mass is 171 g/mol. The second kappa shape index (κ2) is 7.72. The molecule has 0 aromatic heterocycles. The van der Waals surface area contributed by atoms with Crippen LogP contribution >= 0.6 is 23.2 Å². The normalized spacial score (nSPS) is 6.67. The SMILES string of the molecule is CN(C)C=O.O=C(Cl)Cl. The Morgan fingerprint density at radius 1 is 1.44 bits per heavy atom. The molecule has 0 aliphatic heterocycles. The number of hydrogen-bond donors (Lipinski definition) is 0. The lowest BCUT2D eigenvalue weighted by Crippen LogP contribution is -2.06. The number of halogens is 2. The molecule has 0 N–H and O–H groups in total. The van der Waals surface area contributed by atoms with Crippen molar-refractivity contribution in [2.75, 3.05) is 14.1 Å². The summed E-state index contributed by atoms with van der Waals surface area (Å²) in [6.07, 6.45) is 0.750. The van der Waals surface area contributed by atoms with Gasteiger partial charge in [0.1, 0.15) is 0 Å². The average Bonchev–Trinajstić information content (AvgIpc) is 1.65. The first-order valence-electron chi connectivity index (χ1n) is 1.97. The second-order valence-electron chi connectivity index (χ2n) is 1.29. The van der Waals surface area contributed by atoms with Crippen LogP contribution in [0.25, 0.3) is 0 Å². The third kappa shape index (κ3) is 85.4. The maximum atomic E-state index is 9.43. The molecule has 0 rings (SSSR count). The molecule has 0 spiro atoms. The molecule has 3 nitrogen and oxygen atoms in total. The molecule has 54 valence electrons. The molecule has 0 fully saturated rings. The van der Waals surface area contributed by atoms with E-state index in [2.05, 4.69) is 23.2 Å². The van der Waals surface area contributed by atoms with Gasteiger partial charge in [-0.05, 0) is 23.2 Å². The molecule has 0 heterocycles. The number of carbonyl (C=O) groups excluding carboxylic acids is 2. The van der Waals surface area contributed by atoms with Gasteiger partial charge in [0.2, 0.25) is 6.41 Å². The van der Waals surface area contributed by atoms with Crippen molar-refractivity contribution in [1.29, 1.82) is 0 Å². The van der Waals surface area contributed by atoms with Crippen molar-refractivity contribution < 1.29 is 9.59 Å². The van der Waals surface area contributed by atoms with E-state index in [1.54, 1.807) is 14.1 Å². The molecule has 0 aliphatic carbocycles. The third-order valence-corrected chi connectivity index (χ3v) is 0.211. The highest BCUT2D eigenvalue weighted by atomic mass is 35.5. The number of amides is 1. The fourth-order valence-electron chi connectivity index (χ4n) is 0. The molecule has 0 radical (unpaired) electrons. The maximum Gasteiger partial charge on any atom is 0.313 e. The minimum Gasteiger partial charge on any atom is -0.351 e. The van der Waals surface area contributed by atoms with Gasteiger partial charge < -0.3 is 4.90 Å². The Morgan fingerprint density at radius 2 is 1.56 bits per heavy atom. The van der Waals surface area contributed by atoms with Crippen LogP contribution in [-0.4, -0.2) is 30.1 Å². The summed E-state index contributed by atoms with van der Waals surface area (Å²) in [6.45, 7) is 0. The lowest BCUT2D eigenvalue weighted by molar-refractivity contribution is -0.115. The standard InChI is InChI=1S/C3H7NO.CCl2O/c1-4(2)3-5;2-1(3)4/h3H,1-2H3;. The van der Waals surface area contributed by atoms with Crippen molar-refractivity contribution in [1.82, 2.24) is 4.90 Å². The Labute approximate surface area is 63.5 Å². The van der Waals surface area contributed by atoms with Crippen molar-refractivity contribution >= 4 is 34.3 Å². The summed E-state index contributed by atoms with van der Waals surface area (Å²) in [7, 11) is 3.38. The number of rotatable bonds is 1. The van der Waals surface area contributed by atoms with E-state index < -0.39 is 4.70 Å². The maximum absolute atomic E-state index is 9.43. The molecule has 0 aromatic rings. The third-order valence-electron chi connectivity index (χ3n) is 0.211. The Balaban J connectivity index is 0. The second-order valence-corrected chi connectivity index (χ2v) is 2.17. The summed E-state index contributed by atoms with van der Waals surface area (Å²) in [5, 5.41) is 0. The molecule has 1 amide bonds. The van der Waals surface area contributed by atoms with Gasteiger partial charge in [-0.2, -0.15) is 0 Å². The molecular formula is C4H7Cl2NO2. The van der Waals surface area contributed by atoms with Gasteiger partial charge >= 0.3 is 4.70 Å². The lowest BCUT2D eigenvalue weighted by Gasteiger charge is -1.93. The minimum absolute atomic E-state index is 0.750. The van der Waals surface area contributed by atoms with Crippen LogP contribution in [0, 0.1) is 0 Å². The van der Waals surface area contributed by atoms with Crippen molar-refractivity contribution in [3.05, 3.63) is 0 Å². The highest BCUT2D eigenvalue weighted by Crippen LogP contribution is 1.84. The Kier molecular flexibility index (Phi) is 9.87. The number of carbonyl (C=O) groups is 2. The summed E-state index contributed by atoms with van der Waals surface area (Å²) >= 11 is 8.80. The molecule has 0 aliphatic rings. The zero-order valence-electron chi connectivity index (χ0n) is 5.10. The fraction of sp³-hybridized carbons (Fsp3) is 0.500. The molecule has 0 saturated heterocycles. The van der Waals surface area contributed by atoms with Gasteiger partial charge in [-0.25, -0.2) is 0 Å². The first-order chi connectivity index (χ1) is 4.00. The molecule has 0 unspecified atom stereocenters. The van der Waals surface area contributed by atoms with E-state index in [-0.39, 0.29) is 0 Å². The number of nitrogens with zero attached hydrogens (tertiary/aromatic N) is 1. The zero-order chi connectivity index (χ0) is 7.86. The van der Waals surface area contributed by atoms with Crippen molar-refractivity contribution in [2.24, 2.45) is 0 Å². The van der Waals surface area contributed by atoms with Crippen LogP contribution in [-0.2, 0) is 4.79 Å². The van der Waals surface area contributed by atoms with Gasteiger partial charge in [-0.15, -0.1) is 0 Å². The van der Waals surface area contributed by atoms with E-state index in [0.717, 1.165) is 6.41 Å². The molecular weight excluding hydrogens is 165 g/mol. The summed E-state index contributed by atoms with van der Waals surface area (Å²) in [5.41, 5.74) is 0. The van der Waals surface area contributed by atoms with Crippen LogP contribution in [0.4, 0.5) is 4.79 Å². The average molecular weight is 172 g/mol. The van der Waals surface area contributed by atoms with E-state index in [0.29, 0.717) is 0 Å². The van der Waals surface area contributed by atoms with Gasteiger partial charge in [0, 0.05) is 14.1 Å². The lowest BCUT2D eigenvalue weighted by atomic mass is 11.0. The van der Waals surface area contributed by atoms with E-state index in [1.807, 2.05) is 0 Å². The van der Waals surface area contributed by atoms with Gasteiger partial charge in [-0.3, -0.25) is 9.59 Å². The molecule has 0 bridgehead atoms. The number of hydrogen-bond acceptors (Lipinski definition) is 2. The van der Waals surface area contributed by atoms with Crippen LogP contribution in [0.15, 0.2) is 0 Å². The smallest absolute Gasteiger partial charge is 0.313 e. The van der Waals surface area contributed by atoms with Gasteiger partial charge in [0.05, 0.1) is 0 Å². The zero-order valence-corrected chi connectivity index (χ0v) is 6.61. The molecule has 0 saturated carbocycles. The summed E-state index contributed by atoms with van der Waals surface area (Å²) in [4.78, 5) is 19.9. The van der Waals surface area contributed by atoms with Gasteiger partial charge in [0.25, 0.3) is 0 Å². The van der Waals surface area contributed by atoms with E-state index in [1.165, 1.54) is 4.90 Å². The summed E-state index contributed by atoms with van der Waals surface area (Å²) in [6, 6.07) is 0. The van der Waals surface area contributed by atoms with Crippen LogP contribution in [0.5, 0.6) is 0 Å². The van der Waals surface area contributed by atoms with Crippen molar-refractivity contribution in [2.45, 2.75) is 0 Å². The molecule has 9 heavy (non-hydrogen) atoms. The summed E-state index contributed by atoms with van der Waals surface area (Å²) < 4.78 is -0.889. The first kappa shape index (κ1) is 11.5. The Bertz CT molecular complexity index is 90.6. The highest BCUT2D eigenvalue weighted by Gasteiger charge is 1.72. The van der Waals surface area contributed by atoms with Crippen LogP contribution in [0.3, 0.4) is 0 Å². The van der Waals surface area contributed by atoms with E-state index >= 15 is 0 Å². The van der Waals surface area contributed by atoms with Crippen molar-refractivity contribution in [3.63, 3.8) is 0 Å². The topological polar surface area (TPSA) is 37.4 Å². The predicted molar refractivity (Wildman–Crippen MR) is 36.9 cm³/mol. The molecule has 0 atom stereocenters. The van der Waals surface area contributed by atoms with Crippen LogP contribution in [0.1, 0.15) is 0 Å². The van der Waals surface area contributed by atoms with Crippen LogP contribution < -0.4 is 0 Å². The van der Waals surface area contributed by atoms with Crippen LogP contribution in [0.2, 0.25) is 0 Å². The minimum atomic E-state index is -0.889. The first-order valence-corrected chi connectivity index (χ1v) is 2.73. The highest BCUT2D eigenvalue weighted by molar-refractivity contribution is 6.93. The fourth-order valence-corrected chi connectivity index (χ4v) is 0. The van der Waals surface area contributed by atoms with E-state index in [4.69, 9.17) is 4.79 Å². The Morgan fingerprint density at radius 3 is 1.56 bits per heavy atom. The van der Waals surface area contributed by atoms with Gasteiger partial charge in [-0.1, -0.05) is 0 Å². The largest absolute Gasteiger partial charge is 0.351 e. The van der Waals surface area contributed by atoms with E-state index in [9.17, 15) is 4.79 Å². The molecule has 5 heteroatoms.